The lowest BCUT2D eigenvalue weighted by Crippen LogP contribution is -2.44. The minimum atomic E-state index is -3.77. The molecule has 6 heteroatoms. The fraction of sp³-hybridized carbons (Fsp3) is 0.409. The van der Waals surface area contributed by atoms with E-state index in [9.17, 15) is 13.2 Å². The van der Waals surface area contributed by atoms with Crippen LogP contribution in [0.2, 0.25) is 0 Å². The first-order valence-corrected chi connectivity index (χ1v) is 11.2. The molecule has 0 aromatic heterocycles. The van der Waals surface area contributed by atoms with Gasteiger partial charge in [-0.3, -0.25) is 4.79 Å². The van der Waals surface area contributed by atoms with E-state index in [1.165, 1.54) is 4.31 Å². The van der Waals surface area contributed by atoms with Gasteiger partial charge in [-0.15, -0.1) is 0 Å². The molecule has 0 spiro atoms. The number of likely N-dealkylation sites (tertiary alicyclic amines) is 1. The van der Waals surface area contributed by atoms with Crippen molar-refractivity contribution in [3.8, 4) is 0 Å². The maximum absolute atomic E-state index is 13.3. The van der Waals surface area contributed by atoms with E-state index in [1.54, 1.807) is 29.2 Å². The fourth-order valence-corrected chi connectivity index (χ4v) is 4.75. The van der Waals surface area contributed by atoms with Crippen LogP contribution in [0.15, 0.2) is 53.4 Å². The third-order valence-corrected chi connectivity index (χ3v) is 6.96. The highest BCUT2D eigenvalue weighted by Crippen LogP contribution is 2.20. The maximum Gasteiger partial charge on any atom is 0.243 e. The van der Waals surface area contributed by atoms with Crippen molar-refractivity contribution in [2.45, 2.75) is 44.6 Å². The standard InChI is InChI=1S/C22H28N2O3S/c1-18-6-10-20(11-7-18)16-24(17-22(25)23-14-4-3-5-15-23)28(26,27)21-12-8-19(2)9-13-21/h6-13H,3-5,14-17H2,1-2H3. The largest absolute Gasteiger partial charge is 0.342 e. The summed E-state index contributed by atoms with van der Waals surface area (Å²) in [4.78, 5) is 14.8. The molecule has 2 aromatic rings. The Morgan fingerprint density at radius 3 is 2.00 bits per heavy atom. The highest BCUT2D eigenvalue weighted by molar-refractivity contribution is 7.89. The summed E-state index contributed by atoms with van der Waals surface area (Å²) >= 11 is 0. The van der Waals surface area contributed by atoms with Crippen LogP contribution in [0.4, 0.5) is 0 Å². The van der Waals surface area contributed by atoms with Gasteiger partial charge in [-0.1, -0.05) is 47.5 Å². The van der Waals surface area contributed by atoms with Crippen molar-refractivity contribution >= 4 is 15.9 Å². The smallest absolute Gasteiger partial charge is 0.243 e. The molecule has 0 radical (unpaired) electrons. The van der Waals surface area contributed by atoms with Gasteiger partial charge in [-0.05, 0) is 50.8 Å². The maximum atomic E-state index is 13.3. The summed E-state index contributed by atoms with van der Waals surface area (Å²) in [7, 11) is -3.77. The first kappa shape index (κ1) is 20.6. The zero-order valence-corrected chi connectivity index (χ0v) is 17.4. The summed E-state index contributed by atoms with van der Waals surface area (Å²) in [5.74, 6) is -0.123. The number of nitrogens with zero attached hydrogens (tertiary/aromatic N) is 2. The van der Waals surface area contributed by atoms with E-state index in [2.05, 4.69) is 0 Å². The van der Waals surface area contributed by atoms with Gasteiger partial charge in [0.05, 0.1) is 11.4 Å². The molecule has 0 N–H and O–H groups in total. The van der Waals surface area contributed by atoms with Gasteiger partial charge in [-0.2, -0.15) is 4.31 Å². The molecular formula is C22H28N2O3S. The molecule has 1 amide bonds. The van der Waals surface area contributed by atoms with E-state index in [0.717, 1.165) is 36.0 Å². The van der Waals surface area contributed by atoms with Crippen molar-refractivity contribution < 1.29 is 13.2 Å². The van der Waals surface area contributed by atoms with Gasteiger partial charge in [0.2, 0.25) is 15.9 Å². The summed E-state index contributed by atoms with van der Waals surface area (Å²) in [5, 5.41) is 0. The summed E-state index contributed by atoms with van der Waals surface area (Å²) in [6.07, 6.45) is 3.08. The minimum absolute atomic E-state index is 0.123. The van der Waals surface area contributed by atoms with Gasteiger partial charge < -0.3 is 4.90 Å². The quantitative estimate of drug-likeness (QED) is 0.746. The number of sulfonamides is 1. The normalized spacial score (nSPS) is 15.0. The number of amides is 1. The summed E-state index contributed by atoms with van der Waals surface area (Å²) < 4.78 is 27.9. The number of piperidine rings is 1. The Morgan fingerprint density at radius 2 is 1.43 bits per heavy atom. The lowest BCUT2D eigenvalue weighted by Gasteiger charge is -2.29. The molecule has 5 nitrogen and oxygen atoms in total. The lowest BCUT2D eigenvalue weighted by atomic mass is 10.1. The number of aryl methyl sites for hydroxylation is 2. The van der Waals surface area contributed by atoms with Crippen LogP contribution in [-0.2, 0) is 21.4 Å². The van der Waals surface area contributed by atoms with Crippen LogP contribution in [-0.4, -0.2) is 43.2 Å². The minimum Gasteiger partial charge on any atom is -0.342 e. The number of benzene rings is 2. The van der Waals surface area contributed by atoms with Gasteiger partial charge in [0.25, 0.3) is 0 Å². The zero-order valence-electron chi connectivity index (χ0n) is 16.6. The first-order chi connectivity index (χ1) is 13.4. The van der Waals surface area contributed by atoms with Gasteiger partial charge in [0.1, 0.15) is 0 Å². The van der Waals surface area contributed by atoms with Crippen LogP contribution in [0.25, 0.3) is 0 Å². The van der Waals surface area contributed by atoms with Crippen molar-refractivity contribution in [2.24, 2.45) is 0 Å². The van der Waals surface area contributed by atoms with Crippen LogP contribution < -0.4 is 0 Å². The van der Waals surface area contributed by atoms with Crippen molar-refractivity contribution in [3.63, 3.8) is 0 Å². The molecule has 150 valence electrons. The van der Waals surface area contributed by atoms with Gasteiger partial charge in [-0.25, -0.2) is 8.42 Å². The summed E-state index contributed by atoms with van der Waals surface area (Å²) in [6.45, 7) is 5.37. The Balaban J connectivity index is 1.87. The third-order valence-electron chi connectivity index (χ3n) is 5.16. The number of hydrogen-bond donors (Lipinski definition) is 0. The van der Waals surface area contributed by atoms with Crippen LogP contribution in [0.5, 0.6) is 0 Å². The average Bonchev–Trinajstić information content (AvgIpc) is 2.70. The molecule has 0 aliphatic carbocycles. The Bertz CT molecular complexity index is 900. The van der Waals surface area contributed by atoms with Gasteiger partial charge in [0.15, 0.2) is 0 Å². The predicted octanol–water partition coefficient (Wildman–Crippen LogP) is 3.51. The molecule has 2 aromatic carbocycles. The molecule has 28 heavy (non-hydrogen) atoms. The van der Waals surface area contributed by atoms with Crippen LogP contribution >= 0.6 is 0 Å². The lowest BCUT2D eigenvalue weighted by molar-refractivity contribution is -0.132. The molecule has 1 saturated heterocycles. The van der Waals surface area contributed by atoms with E-state index in [1.807, 2.05) is 38.1 Å². The third kappa shape index (κ3) is 5.00. The number of carbonyl (C=O) groups excluding carboxylic acids is 1. The van der Waals surface area contributed by atoms with Gasteiger partial charge >= 0.3 is 0 Å². The van der Waals surface area contributed by atoms with E-state index in [-0.39, 0.29) is 23.9 Å². The van der Waals surface area contributed by atoms with Crippen molar-refractivity contribution in [2.75, 3.05) is 19.6 Å². The van der Waals surface area contributed by atoms with Crippen molar-refractivity contribution in [3.05, 3.63) is 65.2 Å². The highest BCUT2D eigenvalue weighted by atomic mass is 32.2. The topological polar surface area (TPSA) is 57.7 Å². The SMILES string of the molecule is Cc1ccc(CN(CC(=O)N2CCCCC2)S(=O)(=O)c2ccc(C)cc2)cc1. The van der Waals surface area contributed by atoms with Crippen molar-refractivity contribution in [1.29, 1.82) is 0 Å². The number of rotatable bonds is 6. The molecule has 0 unspecified atom stereocenters. The van der Waals surface area contributed by atoms with Crippen LogP contribution in [0, 0.1) is 13.8 Å². The molecule has 0 bridgehead atoms. The Kier molecular flexibility index (Phi) is 6.52. The zero-order chi connectivity index (χ0) is 20.1. The number of hydrogen-bond acceptors (Lipinski definition) is 3. The van der Waals surface area contributed by atoms with Gasteiger partial charge in [0, 0.05) is 19.6 Å². The van der Waals surface area contributed by atoms with E-state index >= 15 is 0 Å². The molecule has 1 aliphatic heterocycles. The second kappa shape index (κ2) is 8.88. The summed E-state index contributed by atoms with van der Waals surface area (Å²) in [6, 6.07) is 14.5. The monoisotopic (exact) mass is 400 g/mol. The molecule has 0 saturated carbocycles. The Morgan fingerprint density at radius 1 is 0.893 bits per heavy atom. The van der Waals surface area contributed by atoms with Crippen molar-refractivity contribution in [1.82, 2.24) is 9.21 Å². The second-order valence-electron chi connectivity index (χ2n) is 7.51. The highest BCUT2D eigenvalue weighted by Gasteiger charge is 2.29. The summed E-state index contributed by atoms with van der Waals surface area (Å²) in [5.41, 5.74) is 2.97. The molecule has 0 atom stereocenters. The van der Waals surface area contributed by atoms with E-state index in [0.29, 0.717) is 13.1 Å². The molecule has 1 heterocycles. The second-order valence-corrected chi connectivity index (χ2v) is 9.45. The van der Waals surface area contributed by atoms with Crippen LogP contribution in [0.3, 0.4) is 0 Å². The molecule has 3 rings (SSSR count). The van der Waals surface area contributed by atoms with Crippen LogP contribution in [0.1, 0.15) is 36.0 Å². The molecule has 1 aliphatic rings. The predicted molar refractivity (Wildman–Crippen MR) is 110 cm³/mol. The van der Waals surface area contributed by atoms with E-state index in [4.69, 9.17) is 0 Å². The molecule has 1 fully saturated rings. The number of carbonyl (C=O) groups is 1. The Labute approximate surface area is 168 Å². The average molecular weight is 401 g/mol. The molecular weight excluding hydrogens is 372 g/mol. The first-order valence-electron chi connectivity index (χ1n) is 9.76. The fourth-order valence-electron chi connectivity index (χ4n) is 3.38. The Hall–Kier alpha value is -2.18. The van der Waals surface area contributed by atoms with E-state index < -0.39 is 10.0 Å².